The molecule has 0 aliphatic rings. The number of phenols is 1. The van der Waals surface area contributed by atoms with Crippen molar-refractivity contribution in [2.75, 3.05) is 6.61 Å². The van der Waals surface area contributed by atoms with Crippen LogP contribution < -0.4 is 10.5 Å². The Kier molecular flexibility index (Phi) is 6.83. The fraction of sp³-hybridized carbons (Fsp3) is 0.455. The van der Waals surface area contributed by atoms with Crippen LogP contribution in [0.4, 0.5) is 8.78 Å². The van der Waals surface area contributed by atoms with E-state index in [9.17, 15) is 13.9 Å². The number of nitrogens with two attached hydrogens (primary N) is 1. The lowest BCUT2D eigenvalue weighted by atomic mass is 10.0. The van der Waals surface area contributed by atoms with Gasteiger partial charge in [-0.15, -0.1) is 12.4 Å². The van der Waals surface area contributed by atoms with Crippen molar-refractivity contribution >= 4 is 12.4 Å². The fourth-order valence-electron chi connectivity index (χ4n) is 1.36. The van der Waals surface area contributed by atoms with Gasteiger partial charge in [0.05, 0.1) is 6.61 Å². The summed E-state index contributed by atoms with van der Waals surface area (Å²) < 4.78 is 29.4. The first-order valence-electron chi connectivity index (χ1n) is 5.04. The first-order valence-corrected chi connectivity index (χ1v) is 5.04. The molecular formula is C11H16ClF2NO2. The van der Waals surface area contributed by atoms with Crippen LogP contribution in [0.1, 0.15) is 24.9 Å². The van der Waals surface area contributed by atoms with Gasteiger partial charge in [-0.05, 0) is 24.6 Å². The molecular weight excluding hydrogens is 252 g/mol. The minimum atomic E-state index is -2.45. The maximum Gasteiger partial charge on any atom is 0.240 e. The van der Waals surface area contributed by atoms with E-state index in [2.05, 4.69) is 0 Å². The molecule has 6 heteroatoms. The van der Waals surface area contributed by atoms with Crippen LogP contribution in [-0.4, -0.2) is 18.1 Å². The van der Waals surface area contributed by atoms with Crippen LogP contribution in [0.25, 0.3) is 0 Å². The van der Waals surface area contributed by atoms with E-state index in [0.717, 1.165) is 0 Å². The predicted octanol–water partition coefficient (Wildman–Crippen LogP) is 2.87. The molecule has 3 N–H and O–H groups in total. The molecule has 1 aromatic rings. The number of aromatic hydroxyl groups is 1. The second kappa shape index (κ2) is 7.29. The summed E-state index contributed by atoms with van der Waals surface area (Å²) >= 11 is 0. The van der Waals surface area contributed by atoms with Crippen molar-refractivity contribution in [2.24, 2.45) is 5.73 Å². The molecule has 0 radical (unpaired) electrons. The number of alkyl halides is 2. The molecule has 0 saturated heterocycles. The summed E-state index contributed by atoms with van der Waals surface area (Å²) in [6.45, 7) is 2.16. The molecule has 0 aromatic heterocycles. The van der Waals surface area contributed by atoms with Gasteiger partial charge in [-0.3, -0.25) is 0 Å². The highest BCUT2D eigenvalue weighted by atomic mass is 35.5. The summed E-state index contributed by atoms with van der Waals surface area (Å²) in [5.74, 6) is 0.250. The average molecular weight is 268 g/mol. The van der Waals surface area contributed by atoms with Gasteiger partial charge in [-0.25, -0.2) is 8.78 Å². The van der Waals surface area contributed by atoms with E-state index in [1.165, 1.54) is 18.2 Å². The van der Waals surface area contributed by atoms with Crippen LogP contribution in [0.3, 0.4) is 0 Å². The summed E-state index contributed by atoms with van der Waals surface area (Å²) in [5, 5.41) is 9.42. The van der Waals surface area contributed by atoms with Crippen LogP contribution in [-0.2, 0) is 0 Å². The van der Waals surface area contributed by atoms with Crippen LogP contribution in [0.2, 0.25) is 0 Å². The first kappa shape index (κ1) is 15.9. The average Bonchev–Trinajstić information content (AvgIpc) is 2.20. The second-order valence-electron chi connectivity index (χ2n) is 3.39. The molecule has 0 amide bonds. The third-order valence-electron chi connectivity index (χ3n) is 2.14. The largest absolute Gasteiger partial charge is 0.504 e. The van der Waals surface area contributed by atoms with Crippen molar-refractivity contribution in [3.8, 4) is 11.5 Å². The number of benzene rings is 1. The van der Waals surface area contributed by atoms with Crippen molar-refractivity contribution in [3.63, 3.8) is 0 Å². The van der Waals surface area contributed by atoms with E-state index in [-0.39, 0.29) is 23.9 Å². The first-order chi connectivity index (χ1) is 7.54. The van der Waals surface area contributed by atoms with Crippen molar-refractivity contribution < 1.29 is 18.6 Å². The van der Waals surface area contributed by atoms with E-state index < -0.39 is 18.9 Å². The summed E-state index contributed by atoms with van der Waals surface area (Å²) in [7, 11) is 0. The smallest absolute Gasteiger partial charge is 0.240 e. The number of hydrogen-bond acceptors (Lipinski definition) is 3. The number of halogens is 3. The maximum atomic E-state index is 12.1. The van der Waals surface area contributed by atoms with Crippen molar-refractivity contribution in [3.05, 3.63) is 23.8 Å². The number of ether oxygens (including phenoxy) is 1. The SMILES string of the molecule is CCOc1cc([C@H](N)CC(F)F)ccc1O.Cl. The lowest BCUT2D eigenvalue weighted by molar-refractivity contribution is 0.128. The third kappa shape index (κ3) is 4.75. The predicted molar refractivity (Wildman–Crippen MR) is 64.1 cm³/mol. The van der Waals surface area contributed by atoms with E-state index in [4.69, 9.17) is 10.5 Å². The lowest BCUT2D eigenvalue weighted by Gasteiger charge is -2.13. The van der Waals surface area contributed by atoms with Gasteiger partial charge < -0.3 is 15.6 Å². The van der Waals surface area contributed by atoms with Crippen LogP contribution in [0.15, 0.2) is 18.2 Å². The highest BCUT2D eigenvalue weighted by molar-refractivity contribution is 5.85. The quantitative estimate of drug-likeness (QED) is 0.862. The Bertz CT molecular complexity index is 350. The molecule has 1 atom stereocenters. The van der Waals surface area contributed by atoms with E-state index in [0.29, 0.717) is 12.2 Å². The Morgan fingerprint density at radius 1 is 1.41 bits per heavy atom. The minimum absolute atomic E-state index is 0. The van der Waals surface area contributed by atoms with E-state index in [1.54, 1.807) is 6.92 Å². The van der Waals surface area contributed by atoms with Gasteiger partial charge in [-0.2, -0.15) is 0 Å². The molecule has 0 spiro atoms. The van der Waals surface area contributed by atoms with Crippen LogP contribution in [0, 0.1) is 0 Å². The zero-order chi connectivity index (χ0) is 12.1. The van der Waals surface area contributed by atoms with Crippen molar-refractivity contribution in [1.29, 1.82) is 0 Å². The maximum absolute atomic E-state index is 12.1. The van der Waals surface area contributed by atoms with Gasteiger partial charge in [0.1, 0.15) is 0 Å². The minimum Gasteiger partial charge on any atom is -0.504 e. The number of hydrogen-bond donors (Lipinski definition) is 2. The fourth-order valence-corrected chi connectivity index (χ4v) is 1.36. The van der Waals surface area contributed by atoms with Gasteiger partial charge in [0.15, 0.2) is 11.5 Å². The molecule has 0 bridgehead atoms. The Labute approximate surface area is 105 Å². The third-order valence-corrected chi connectivity index (χ3v) is 2.14. The molecule has 0 heterocycles. The van der Waals surface area contributed by atoms with Crippen molar-refractivity contribution in [1.82, 2.24) is 0 Å². The van der Waals surface area contributed by atoms with E-state index in [1.807, 2.05) is 0 Å². The summed E-state index contributed by atoms with van der Waals surface area (Å²) in [6.07, 6.45) is -2.85. The molecule has 1 aromatic carbocycles. The van der Waals surface area contributed by atoms with Gasteiger partial charge in [0.2, 0.25) is 6.43 Å². The van der Waals surface area contributed by atoms with Gasteiger partial charge in [-0.1, -0.05) is 6.07 Å². The molecule has 0 aliphatic heterocycles. The zero-order valence-electron chi connectivity index (χ0n) is 9.40. The number of rotatable bonds is 5. The monoisotopic (exact) mass is 267 g/mol. The summed E-state index contributed by atoms with van der Waals surface area (Å²) in [5.41, 5.74) is 6.12. The van der Waals surface area contributed by atoms with Crippen LogP contribution >= 0.6 is 12.4 Å². The molecule has 0 aliphatic carbocycles. The highest BCUT2D eigenvalue weighted by Gasteiger charge is 2.14. The molecule has 17 heavy (non-hydrogen) atoms. The Balaban J connectivity index is 0.00000256. The molecule has 0 fully saturated rings. The van der Waals surface area contributed by atoms with Gasteiger partial charge in [0, 0.05) is 12.5 Å². The van der Waals surface area contributed by atoms with Crippen LogP contribution in [0.5, 0.6) is 11.5 Å². The Hall–Kier alpha value is -1.07. The van der Waals surface area contributed by atoms with Gasteiger partial charge in [0.25, 0.3) is 0 Å². The summed E-state index contributed by atoms with van der Waals surface area (Å²) in [4.78, 5) is 0. The van der Waals surface area contributed by atoms with E-state index >= 15 is 0 Å². The lowest BCUT2D eigenvalue weighted by Crippen LogP contribution is -2.14. The normalized spacial score (nSPS) is 12.1. The molecule has 98 valence electrons. The second-order valence-corrected chi connectivity index (χ2v) is 3.39. The van der Waals surface area contributed by atoms with Gasteiger partial charge >= 0.3 is 0 Å². The summed E-state index contributed by atoms with van der Waals surface area (Å²) in [6, 6.07) is 3.66. The Morgan fingerprint density at radius 2 is 2.06 bits per heavy atom. The molecule has 0 unspecified atom stereocenters. The standard InChI is InChI=1S/C11H15F2NO2.ClH/c1-2-16-10-5-7(3-4-9(10)15)8(14)6-11(12)13;/h3-5,8,11,15H,2,6,14H2,1H3;1H/t8-;/m1./s1. The molecule has 0 saturated carbocycles. The highest BCUT2D eigenvalue weighted by Crippen LogP contribution is 2.30. The zero-order valence-corrected chi connectivity index (χ0v) is 10.2. The Morgan fingerprint density at radius 3 is 2.59 bits per heavy atom. The van der Waals surface area contributed by atoms with Crippen molar-refractivity contribution in [2.45, 2.75) is 25.8 Å². The molecule has 3 nitrogen and oxygen atoms in total. The topological polar surface area (TPSA) is 55.5 Å². The molecule has 1 rings (SSSR count). The number of phenolic OH excluding ortho intramolecular Hbond substituents is 1.